The molecule has 1 fully saturated rings. The molecule has 37 heavy (non-hydrogen) atoms. The lowest BCUT2D eigenvalue weighted by Gasteiger charge is -2.28. The number of aromatic nitrogens is 2. The number of nitrogens with zero attached hydrogens (tertiary/aromatic N) is 3. The molecule has 0 spiro atoms. The summed E-state index contributed by atoms with van der Waals surface area (Å²) in [6.45, 7) is 3.35. The predicted octanol–water partition coefficient (Wildman–Crippen LogP) is 5.86. The highest BCUT2D eigenvalue weighted by Gasteiger charge is 2.11. The molecule has 1 saturated heterocycles. The summed E-state index contributed by atoms with van der Waals surface area (Å²) in [6.07, 6.45) is 5.07. The lowest BCUT2D eigenvalue weighted by Crippen LogP contribution is -2.36. The summed E-state index contributed by atoms with van der Waals surface area (Å²) in [5.41, 5.74) is 3.83. The first-order valence-corrected chi connectivity index (χ1v) is 12.9. The van der Waals surface area contributed by atoms with Gasteiger partial charge in [-0.25, -0.2) is 9.97 Å². The molecule has 2 N–H and O–H groups in total. The van der Waals surface area contributed by atoms with Crippen LogP contribution < -0.4 is 15.5 Å². The number of carbonyl (C=O) groups is 1. The zero-order chi connectivity index (χ0) is 25.3. The summed E-state index contributed by atoms with van der Waals surface area (Å²) in [6, 6.07) is 27.6. The Labute approximate surface area is 220 Å². The Bertz CT molecular complexity index is 1340. The minimum atomic E-state index is -0.172. The normalized spacial score (nSPS) is 13.5. The van der Waals surface area contributed by atoms with Gasteiger partial charge in [0.15, 0.2) is 0 Å². The largest absolute Gasteiger partial charge is 0.378 e. The molecule has 1 amide bonds. The Hall–Kier alpha value is -4.14. The Balaban J connectivity index is 1.15. The van der Waals surface area contributed by atoms with Gasteiger partial charge in [0.2, 0.25) is 11.9 Å². The summed E-state index contributed by atoms with van der Waals surface area (Å²) in [5.74, 6) is 0.368. The number of amides is 1. The van der Waals surface area contributed by atoms with Crippen LogP contribution in [0.25, 0.3) is 6.08 Å². The Morgan fingerprint density at radius 3 is 2.38 bits per heavy atom. The van der Waals surface area contributed by atoms with E-state index >= 15 is 0 Å². The molecule has 5 rings (SSSR count). The van der Waals surface area contributed by atoms with Crippen molar-refractivity contribution < 1.29 is 9.53 Å². The van der Waals surface area contributed by atoms with Crippen LogP contribution in [0.5, 0.6) is 0 Å². The van der Waals surface area contributed by atoms with Gasteiger partial charge in [-0.15, -0.1) is 0 Å². The molecule has 1 aliphatic rings. The lowest BCUT2D eigenvalue weighted by atomic mass is 10.2. The molecule has 1 aromatic heterocycles. The van der Waals surface area contributed by atoms with Crippen LogP contribution in [-0.2, 0) is 9.53 Å². The second kappa shape index (κ2) is 12.2. The van der Waals surface area contributed by atoms with Crippen LogP contribution in [0.2, 0.25) is 0 Å². The molecule has 186 valence electrons. The van der Waals surface area contributed by atoms with Gasteiger partial charge >= 0.3 is 0 Å². The fraction of sp³-hybridized carbons (Fsp3) is 0.138. The number of anilines is 4. The average molecular weight is 510 g/mol. The molecule has 0 radical (unpaired) electrons. The molecule has 4 aromatic rings. The first-order valence-electron chi connectivity index (χ1n) is 12.1. The van der Waals surface area contributed by atoms with Gasteiger partial charge in [-0.2, -0.15) is 0 Å². The maximum Gasteiger partial charge on any atom is 0.248 e. The van der Waals surface area contributed by atoms with Crippen LogP contribution >= 0.6 is 11.8 Å². The number of morpholine rings is 1. The van der Waals surface area contributed by atoms with E-state index in [0.717, 1.165) is 53.2 Å². The van der Waals surface area contributed by atoms with E-state index < -0.39 is 0 Å². The third kappa shape index (κ3) is 7.19. The van der Waals surface area contributed by atoms with Crippen molar-refractivity contribution in [2.75, 3.05) is 41.8 Å². The fourth-order valence-electron chi connectivity index (χ4n) is 3.81. The highest BCUT2D eigenvalue weighted by atomic mass is 32.2. The van der Waals surface area contributed by atoms with Gasteiger partial charge in [0.25, 0.3) is 0 Å². The maximum absolute atomic E-state index is 12.2. The van der Waals surface area contributed by atoms with E-state index in [0.29, 0.717) is 5.95 Å². The van der Waals surface area contributed by atoms with E-state index in [2.05, 4.69) is 37.6 Å². The third-order valence-electron chi connectivity index (χ3n) is 5.70. The molecule has 0 aliphatic carbocycles. The quantitative estimate of drug-likeness (QED) is 0.227. The smallest absolute Gasteiger partial charge is 0.248 e. The maximum atomic E-state index is 12.2. The average Bonchev–Trinajstić information content (AvgIpc) is 2.95. The zero-order valence-corrected chi connectivity index (χ0v) is 21.0. The predicted molar refractivity (Wildman–Crippen MR) is 149 cm³/mol. The number of carbonyl (C=O) groups excluding carboxylic acids is 1. The van der Waals surface area contributed by atoms with Gasteiger partial charge in [0.1, 0.15) is 5.03 Å². The summed E-state index contributed by atoms with van der Waals surface area (Å²) < 4.78 is 5.43. The van der Waals surface area contributed by atoms with Crippen LogP contribution in [0.4, 0.5) is 23.0 Å². The summed E-state index contributed by atoms with van der Waals surface area (Å²) in [4.78, 5) is 24.5. The van der Waals surface area contributed by atoms with Crippen molar-refractivity contribution in [2.24, 2.45) is 0 Å². The van der Waals surface area contributed by atoms with Crippen molar-refractivity contribution in [3.63, 3.8) is 0 Å². The molecule has 3 aromatic carbocycles. The Morgan fingerprint density at radius 1 is 0.892 bits per heavy atom. The highest BCUT2D eigenvalue weighted by Crippen LogP contribution is 2.28. The van der Waals surface area contributed by atoms with Crippen LogP contribution in [-0.4, -0.2) is 42.2 Å². The number of nitrogens with one attached hydrogen (secondary N) is 2. The van der Waals surface area contributed by atoms with Crippen LogP contribution in [0, 0.1) is 0 Å². The molecule has 0 bridgehead atoms. The van der Waals surface area contributed by atoms with E-state index in [1.54, 1.807) is 12.3 Å². The molecule has 0 atom stereocenters. The van der Waals surface area contributed by atoms with Crippen LogP contribution in [0.15, 0.2) is 107 Å². The second-order valence-corrected chi connectivity index (χ2v) is 9.44. The van der Waals surface area contributed by atoms with E-state index in [9.17, 15) is 4.79 Å². The molecular formula is C29H27N5O2S. The SMILES string of the molecule is O=C(C=Cc1ccccc1)Nc1ccc(Sc2ccnc(Nc3ccc(N4CCOCC4)cc3)n2)cc1. The van der Waals surface area contributed by atoms with Crippen molar-refractivity contribution >= 4 is 46.8 Å². The van der Waals surface area contributed by atoms with E-state index in [1.807, 2.05) is 72.8 Å². The van der Waals surface area contributed by atoms with E-state index in [-0.39, 0.29) is 5.91 Å². The van der Waals surface area contributed by atoms with Crippen molar-refractivity contribution in [3.8, 4) is 0 Å². The highest BCUT2D eigenvalue weighted by molar-refractivity contribution is 7.99. The first kappa shape index (κ1) is 24.5. The molecule has 8 heteroatoms. The van der Waals surface area contributed by atoms with Crippen molar-refractivity contribution in [3.05, 3.63) is 103 Å². The number of hydrogen-bond acceptors (Lipinski definition) is 7. The van der Waals surface area contributed by atoms with Gasteiger partial charge < -0.3 is 20.3 Å². The molecular weight excluding hydrogens is 482 g/mol. The Morgan fingerprint density at radius 2 is 1.62 bits per heavy atom. The molecule has 0 saturated carbocycles. The standard InChI is InChI=1S/C29H27N5O2S/c35-27(15-6-22-4-2-1-3-5-22)31-23-9-13-26(14-10-23)37-28-16-17-30-29(33-28)32-24-7-11-25(12-8-24)34-18-20-36-21-19-34/h1-17H,18-21H2,(H,31,35)(H,30,32,33). The van der Waals surface area contributed by atoms with Crippen LogP contribution in [0.3, 0.4) is 0 Å². The van der Waals surface area contributed by atoms with Gasteiger partial charge in [-0.1, -0.05) is 42.1 Å². The van der Waals surface area contributed by atoms with Gasteiger partial charge in [-0.3, -0.25) is 4.79 Å². The summed E-state index contributed by atoms with van der Waals surface area (Å²) in [7, 11) is 0. The van der Waals surface area contributed by atoms with Crippen molar-refractivity contribution in [1.82, 2.24) is 9.97 Å². The lowest BCUT2D eigenvalue weighted by molar-refractivity contribution is -0.111. The molecule has 0 unspecified atom stereocenters. The topological polar surface area (TPSA) is 79.4 Å². The molecule has 7 nitrogen and oxygen atoms in total. The molecule has 1 aliphatic heterocycles. The van der Waals surface area contributed by atoms with Crippen LogP contribution in [0.1, 0.15) is 5.56 Å². The van der Waals surface area contributed by atoms with Gasteiger partial charge in [-0.05, 0) is 66.2 Å². The fourth-order valence-corrected chi connectivity index (χ4v) is 4.59. The first-order chi connectivity index (χ1) is 18.2. The molecule has 2 heterocycles. The van der Waals surface area contributed by atoms with E-state index in [4.69, 9.17) is 4.74 Å². The monoisotopic (exact) mass is 509 g/mol. The Kier molecular flexibility index (Phi) is 8.10. The van der Waals surface area contributed by atoms with E-state index in [1.165, 1.54) is 23.5 Å². The third-order valence-corrected chi connectivity index (χ3v) is 6.65. The van der Waals surface area contributed by atoms with Crippen molar-refractivity contribution in [1.29, 1.82) is 0 Å². The zero-order valence-electron chi connectivity index (χ0n) is 20.2. The van der Waals surface area contributed by atoms with Gasteiger partial charge in [0.05, 0.1) is 13.2 Å². The minimum absolute atomic E-state index is 0.172. The van der Waals surface area contributed by atoms with Gasteiger partial charge in [0, 0.05) is 47.3 Å². The summed E-state index contributed by atoms with van der Waals surface area (Å²) in [5, 5.41) is 6.99. The summed E-state index contributed by atoms with van der Waals surface area (Å²) >= 11 is 1.53. The number of hydrogen-bond donors (Lipinski definition) is 2. The second-order valence-electron chi connectivity index (χ2n) is 8.35. The van der Waals surface area contributed by atoms with Crippen molar-refractivity contribution in [2.45, 2.75) is 9.92 Å². The number of ether oxygens (including phenoxy) is 1. The number of benzene rings is 3. The number of rotatable bonds is 8. The minimum Gasteiger partial charge on any atom is -0.378 e.